The van der Waals surface area contributed by atoms with Crippen LogP contribution in [-0.4, -0.2) is 30.2 Å². The van der Waals surface area contributed by atoms with Crippen LogP contribution in [0.2, 0.25) is 0 Å². The minimum atomic E-state index is -3.28. The van der Waals surface area contributed by atoms with Crippen molar-refractivity contribution in [3.8, 4) is 0 Å². The Morgan fingerprint density at radius 1 is 1.53 bits per heavy atom. The van der Waals surface area contributed by atoms with Gasteiger partial charge >= 0.3 is 0 Å². The molecule has 0 amide bonds. The predicted octanol–water partition coefficient (Wildman–Crippen LogP) is 0.389. The molecule has 1 atom stereocenters. The van der Waals surface area contributed by atoms with E-state index in [0.29, 0.717) is 12.2 Å². The maximum atomic E-state index is 11.4. The topological polar surface area (TPSA) is 78.0 Å². The Morgan fingerprint density at radius 2 is 2.13 bits per heavy atom. The fourth-order valence-electron chi connectivity index (χ4n) is 1.56. The number of rotatable bonds is 4. The van der Waals surface area contributed by atoms with Gasteiger partial charge in [0.15, 0.2) is 0 Å². The van der Waals surface area contributed by atoms with Gasteiger partial charge in [-0.1, -0.05) is 13.8 Å². The highest BCUT2D eigenvalue weighted by molar-refractivity contribution is 7.89. The minimum Gasteiger partial charge on any atom is -0.330 e. The first-order valence-corrected chi connectivity index (χ1v) is 6.65. The molecule has 2 N–H and O–H groups in total. The van der Waals surface area contributed by atoms with Crippen LogP contribution in [0, 0.1) is 5.92 Å². The lowest BCUT2D eigenvalue weighted by Gasteiger charge is -2.19. The second-order valence-electron chi connectivity index (χ2n) is 3.96. The average Bonchev–Trinajstić information content (AvgIpc) is 2.52. The van der Waals surface area contributed by atoms with E-state index < -0.39 is 10.0 Å². The van der Waals surface area contributed by atoms with Crippen molar-refractivity contribution in [1.82, 2.24) is 8.96 Å². The van der Waals surface area contributed by atoms with E-state index in [0.717, 1.165) is 6.26 Å². The molecule has 1 aromatic heterocycles. The summed E-state index contributed by atoms with van der Waals surface area (Å²) in [7, 11) is -3.28. The van der Waals surface area contributed by atoms with Crippen LogP contribution in [0.1, 0.15) is 25.5 Å². The lowest BCUT2D eigenvalue weighted by Crippen LogP contribution is -2.23. The zero-order valence-electron chi connectivity index (χ0n) is 9.21. The molecule has 1 heterocycles. The number of imidazole rings is 1. The van der Waals surface area contributed by atoms with Crippen LogP contribution in [0.5, 0.6) is 0 Å². The largest absolute Gasteiger partial charge is 0.330 e. The molecule has 0 aliphatic heterocycles. The fourth-order valence-corrected chi connectivity index (χ4v) is 2.36. The van der Waals surface area contributed by atoms with Gasteiger partial charge in [-0.2, -0.15) is 0 Å². The van der Waals surface area contributed by atoms with Gasteiger partial charge < -0.3 is 5.73 Å². The van der Waals surface area contributed by atoms with Crippen LogP contribution in [0.3, 0.4) is 0 Å². The molecule has 6 heteroatoms. The van der Waals surface area contributed by atoms with Crippen molar-refractivity contribution in [2.45, 2.75) is 19.8 Å². The van der Waals surface area contributed by atoms with Crippen LogP contribution < -0.4 is 5.73 Å². The summed E-state index contributed by atoms with van der Waals surface area (Å²) < 4.78 is 24.1. The van der Waals surface area contributed by atoms with Gasteiger partial charge in [-0.25, -0.2) is 17.4 Å². The third-order valence-corrected chi connectivity index (χ3v) is 3.45. The van der Waals surface area contributed by atoms with E-state index in [1.807, 2.05) is 13.8 Å². The Labute approximate surface area is 90.4 Å². The molecule has 0 bridgehead atoms. The van der Waals surface area contributed by atoms with Crippen LogP contribution in [-0.2, 0) is 10.0 Å². The molecular formula is C9H17N3O2S. The molecule has 0 fully saturated rings. The number of hydrogen-bond donors (Lipinski definition) is 1. The monoisotopic (exact) mass is 231 g/mol. The second kappa shape index (κ2) is 4.32. The first-order valence-electron chi connectivity index (χ1n) is 4.80. The van der Waals surface area contributed by atoms with E-state index in [9.17, 15) is 8.42 Å². The fraction of sp³-hybridized carbons (Fsp3) is 0.667. The molecular weight excluding hydrogens is 214 g/mol. The summed E-state index contributed by atoms with van der Waals surface area (Å²) >= 11 is 0. The highest BCUT2D eigenvalue weighted by Gasteiger charge is 2.21. The minimum absolute atomic E-state index is 0.0159. The Morgan fingerprint density at radius 3 is 2.53 bits per heavy atom. The van der Waals surface area contributed by atoms with Gasteiger partial charge in [0.2, 0.25) is 10.0 Å². The van der Waals surface area contributed by atoms with Crippen molar-refractivity contribution >= 4 is 10.0 Å². The van der Waals surface area contributed by atoms with Crippen LogP contribution in [0.15, 0.2) is 12.5 Å². The van der Waals surface area contributed by atoms with E-state index in [1.165, 1.54) is 10.3 Å². The first kappa shape index (κ1) is 12.2. The molecule has 0 aliphatic carbocycles. The van der Waals surface area contributed by atoms with E-state index in [1.54, 1.807) is 6.20 Å². The molecule has 86 valence electrons. The number of nitrogens with two attached hydrogens (primary N) is 1. The summed E-state index contributed by atoms with van der Waals surface area (Å²) in [4.78, 5) is 3.87. The third kappa shape index (κ3) is 2.57. The molecule has 1 aromatic rings. The summed E-state index contributed by atoms with van der Waals surface area (Å²) in [5.74, 6) is 0.300. The molecule has 5 nitrogen and oxygen atoms in total. The molecule has 0 aromatic carbocycles. The van der Waals surface area contributed by atoms with E-state index >= 15 is 0 Å². The summed E-state index contributed by atoms with van der Waals surface area (Å²) in [5, 5.41) is 0. The van der Waals surface area contributed by atoms with Gasteiger partial charge in [-0.05, 0) is 5.92 Å². The lowest BCUT2D eigenvalue weighted by molar-refractivity contribution is 0.490. The molecule has 15 heavy (non-hydrogen) atoms. The Hall–Kier alpha value is -0.880. The summed E-state index contributed by atoms with van der Waals surface area (Å²) in [6.07, 6.45) is 4.04. The Kier molecular flexibility index (Phi) is 3.51. The Balaban J connectivity index is 3.20. The smallest absolute Gasteiger partial charge is 0.237 e. The zero-order valence-corrected chi connectivity index (χ0v) is 10.0. The first-order chi connectivity index (χ1) is 6.88. The summed E-state index contributed by atoms with van der Waals surface area (Å²) in [5.41, 5.74) is 6.30. The Bertz CT molecular complexity index is 422. The zero-order chi connectivity index (χ0) is 11.6. The van der Waals surface area contributed by atoms with Crippen molar-refractivity contribution < 1.29 is 8.42 Å². The number of nitrogens with zero attached hydrogens (tertiary/aromatic N) is 2. The van der Waals surface area contributed by atoms with Gasteiger partial charge in [-0.15, -0.1) is 0 Å². The van der Waals surface area contributed by atoms with Crippen molar-refractivity contribution in [2.75, 3.05) is 12.8 Å². The highest BCUT2D eigenvalue weighted by Crippen LogP contribution is 2.23. The average molecular weight is 231 g/mol. The van der Waals surface area contributed by atoms with Gasteiger partial charge in [0, 0.05) is 18.7 Å². The van der Waals surface area contributed by atoms with E-state index in [2.05, 4.69) is 4.98 Å². The molecule has 1 unspecified atom stereocenters. The quantitative estimate of drug-likeness (QED) is 0.813. The second-order valence-corrected chi connectivity index (χ2v) is 5.82. The van der Waals surface area contributed by atoms with Crippen molar-refractivity contribution in [2.24, 2.45) is 11.7 Å². The predicted molar refractivity (Wildman–Crippen MR) is 59.1 cm³/mol. The van der Waals surface area contributed by atoms with Crippen molar-refractivity contribution in [3.05, 3.63) is 18.2 Å². The summed E-state index contributed by atoms with van der Waals surface area (Å²) in [6.45, 7) is 4.44. The molecule has 0 saturated heterocycles. The van der Waals surface area contributed by atoms with Crippen molar-refractivity contribution in [1.29, 1.82) is 0 Å². The normalized spacial score (nSPS) is 14.5. The molecule has 1 rings (SSSR count). The molecule has 0 saturated carbocycles. The maximum absolute atomic E-state index is 11.4. The SMILES string of the molecule is CC(C)C(CN)c1cncn1S(C)(=O)=O. The third-order valence-electron chi connectivity index (χ3n) is 2.43. The number of aromatic nitrogens is 2. The van der Waals surface area contributed by atoms with E-state index in [-0.39, 0.29) is 11.8 Å². The maximum Gasteiger partial charge on any atom is 0.237 e. The molecule has 0 spiro atoms. The van der Waals surface area contributed by atoms with Gasteiger partial charge in [-0.3, -0.25) is 0 Å². The summed E-state index contributed by atoms with van der Waals surface area (Å²) in [6, 6.07) is 0. The molecule has 0 aliphatic rings. The van der Waals surface area contributed by atoms with E-state index in [4.69, 9.17) is 5.73 Å². The van der Waals surface area contributed by atoms with Crippen LogP contribution >= 0.6 is 0 Å². The number of hydrogen-bond acceptors (Lipinski definition) is 4. The van der Waals surface area contributed by atoms with Crippen LogP contribution in [0.4, 0.5) is 0 Å². The van der Waals surface area contributed by atoms with Gasteiger partial charge in [0.1, 0.15) is 6.33 Å². The highest BCUT2D eigenvalue weighted by atomic mass is 32.2. The molecule has 0 radical (unpaired) electrons. The lowest BCUT2D eigenvalue weighted by atomic mass is 9.93. The van der Waals surface area contributed by atoms with Gasteiger partial charge in [0.05, 0.1) is 11.9 Å². The van der Waals surface area contributed by atoms with Crippen LogP contribution in [0.25, 0.3) is 0 Å². The van der Waals surface area contributed by atoms with Crippen molar-refractivity contribution in [3.63, 3.8) is 0 Å². The van der Waals surface area contributed by atoms with Gasteiger partial charge in [0.25, 0.3) is 0 Å². The standard InChI is InChI=1S/C9H17N3O2S/c1-7(2)8(4-10)9-5-11-6-12(9)15(3,13)14/h5-8H,4,10H2,1-3H3.